The first-order valence-corrected chi connectivity index (χ1v) is 10.6. The molecular formula is C20H22ClN3O4S. The van der Waals surface area contributed by atoms with Crippen LogP contribution in [-0.4, -0.2) is 32.4 Å². The Hall–Kier alpha value is -2.71. The summed E-state index contributed by atoms with van der Waals surface area (Å²) in [6, 6.07) is 12.0. The van der Waals surface area contributed by atoms with Crippen LogP contribution < -0.4 is 14.2 Å². The minimum atomic E-state index is -3.92. The Balaban J connectivity index is 1.94. The van der Waals surface area contributed by atoms with E-state index < -0.39 is 10.0 Å². The summed E-state index contributed by atoms with van der Waals surface area (Å²) in [5, 5.41) is 5.14. The van der Waals surface area contributed by atoms with Crippen molar-refractivity contribution in [3.05, 3.63) is 64.4 Å². The summed E-state index contributed by atoms with van der Waals surface area (Å²) < 4.78 is 40.9. The lowest BCUT2D eigenvalue weighted by atomic mass is 10.2. The van der Waals surface area contributed by atoms with Crippen molar-refractivity contribution in [2.24, 2.45) is 0 Å². The highest BCUT2D eigenvalue weighted by molar-refractivity contribution is 7.92. The van der Waals surface area contributed by atoms with E-state index in [-0.39, 0.29) is 10.6 Å². The number of benzene rings is 2. The summed E-state index contributed by atoms with van der Waals surface area (Å²) >= 11 is 5.93. The van der Waals surface area contributed by atoms with Gasteiger partial charge in [-0.05, 0) is 43.7 Å². The molecule has 1 aromatic heterocycles. The van der Waals surface area contributed by atoms with Crippen LogP contribution in [-0.2, 0) is 16.6 Å². The van der Waals surface area contributed by atoms with Gasteiger partial charge < -0.3 is 9.47 Å². The molecule has 0 spiro atoms. The van der Waals surface area contributed by atoms with Crippen LogP contribution >= 0.6 is 11.6 Å². The summed E-state index contributed by atoms with van der Waals surface area (Å²) in [6.45, 7) is 4.07. The number of aryl methyl sites for hydroxylation is 1. The first-order valence-electron chi connectivity index (χ1n) is 8.78. The van der Waals surface area contributed by atoms with E-state index in [0.29, 0.717) is 34.4 Å². The standard InChI is InChI=1S/C20H22ClN3O4S/c1-13-20(14(2)24(22-13)12-15-5-7-16(21)8-6-15)23-29(25,26)19-11-17(27-3)9-10-18(19)28-4/h5-11,23H,12H2,1-4H3. The summed E-state index contributed by atoms with van der Waals surface area (Å²) in [4.78, 5) is -0.0106. The van der Waals surface area contributed by atoms with Gasteiger partial charge in [0.15, 0.2) is 0 Å². The van der Waals surface area contributed by atoms with Crippen molar-refractivity contribution >= 4 is 27.3 Å². The Kier molecular flexibility index (Phi) is 6.04. The Labute approximate surface area is 175 Å². The van der Waals surface area contributed by atoms with Crippen LogP contribution in [0.3, 0.4) is 0 Å². The highest BCUT2D eigenvalue weighted by Crippen LogP contribution is 2.31. The molecule has 0 atom stereocenters. The zero-order valence-electron chi connectivity index (χ0n) is 16.6. The van der Waals surface area contributed by atoms with Gasteiger partial charge in [-0.1, -0.05) is 23.7 Å². The summed E-state index contributed by atoms with van der Waals surface area (Å²) in [5.74, 6) is 0.639. The molecule has 0 amide bonds. The molecule has 3 rings (SSSR count). The van der Waals surface area contributed by atoms with Gasteiger partial charge in [0.2, 0.25) is 0 Å². The number of nitrogens with one attached hydrogen (secondary N) is 1. The van der Waals surface area contributed by atoms with Crippen molar-refractivity contribution in [3.8, 4) is 11.5 Å². The van der Waals surface area contributed by atoms with Crippen LogP contribution in [0.15, 0.2) is 47.4 Å². The highest BCUT2D eigenvalue weighted by Gasteiger charge is 2.24. The fourth-order valence-electron chi connectivity index (χ4n) is 2.94. The monoisotopic (exact) mass is 435 g/mol. The van der Waals surface area contributed by atoms with Crippen LogP contribution in [0.5, 0.6) is 11.5 Å². The van der Waals surface area contributed by atoms with Crippen LogP contribution in [0, 0.1) is 13.8 Å². The SMILES string of the molecule is COc1ccc(OC)c(S(=O)(=O)Nc2c(C)nn(Cc3ccc(Cl)cc3)c2C)c1. The second-order valence-corrected chi connectivity index (χ2v) is 8.54. The van der Waals surface area contributed by atoms with Gasteiger partial charge in [0.25, 0.3) is 10.0 Å². The third-order valence-electron chi connectivity index (χ3n) is 4.52. The van der Waals surface area contributed by atoms with Crippen molar-refractivity contribution < 1.29 is 17.9 Å². The third kappa shape index (κ3) is 4.49. The third-order valence-corrected chi connectivity index (χ3v) is 6.15. The number of hydrogen-bond acceptors (Lipinski definition) is 5. The van der Waals surface area contributed by atoms with Gasteiger partial charge in [-0.3, -0.25) is 9.40 Å². The average Bonchev–Trinajstić information content (AvgIpc) is 2.96. The van der Waals surface area contributed by atoms with E-state index in [2.05, 4.69) is 9.82 Å². The topological polar surface area (TPSA) is 82.4 Å². The van der Waals surface area contributed by atoms with Crippen molar-refractivity contribution in [1.29, 1.82) is 0 Å². The Morgan fingerprint density at radius 1 is 1.07 bits per heavy atom. The Morgan fingerprint density at radius 3 is 2.38 bits per heavy atom. The van der Waals surface area contributed by atoms with Gasteiger partial charge in [0.1, 0.15) is 16.4 Å². The minimum Gasteiger partial charge on any atom is -0.497 e. The van der Waals surface area contributed by atoms with Crippen molar-refractivity contribution in [1.82, 2.24) is 9.78 Å². The van der Waals surface area contributed by atoms with Gasteiger partial charge in [0, 0.05) is 11.1 Å². The molecule has 2 aromatic carbocycles. The number of methoxy groups -OCH3 is 2. The Bertz CT molecular complexity index is 1130. The van der Waals surface area contributed by atoms with Crippen molar-refractivity contribution in [3.63, 3.8) is 0 Å². The number of aromatic nitrogens is 2. The predicted molar refractivity (Wildman–Crippen MR) is 113 cm³/mol. The van der Waals surface area contributed by atoms with Gasteiger partial charge in [-0.15, -0.1) is 0 Å². The molecule has 0 bridgehead atoms. The number of hydrogen-bond donors (Lipinski definition) is 1. The van der Waals surface area contributed by atoms with E-state index >= 15 is 0 Å². The highest BCUT2D eigenvalue weighted by atomic mass is 35.5. The molecule has 9 heteroatoms. The molecule has 0 aliphatic carbocycles. The van der Waals surface area contributed by atoms with Crippen LogP contribution in [0.25, 0.3) is 0 Å². The maximum atomic E-state index is 13.1. The van der Waals surface area contributed by atoms with Crippen molar-refractivity contribution in [2.75, 3.05) is 18.9 Å². The fourth-order valence-corrected chi connectivity index (χ4v) is 4.43. The second kappa shape index (κ2) is 8.34. The van der Waals surface area contributed by atoms with Crippen LogP contribution in [0.4, 0.5) is 5.69 Å². The first-order chi connectivity index (χ1) is 13.7. The van der Waals surface area contributed by atoms with E-state index in [4.69, 9.17) is 21.1 Å². The van der Waals surface area contributed by atoms with Gasteiger partial charge in [0.05, 0.1) is 37.8 Å². The molecule has 0 aliphatic rings. The molecule has 1 heterocycles. The largest absolute Gasteiger partial charge is 0.497 e. The average molecular weight is 436 g/mol. The lowest BCUT2D eigenvalue weighted by molar-refractivity contribution is 0.392. The van der Waals surface area contributed by atoms with E-state index in [9.17, 15) is 8.42 Å². The minimum absolute atomic E-state index is 0.0106. The number of nitrogens with zero attached hydrogens (tertiary/aromatic N) is 2. The lowest BCUT2D eigenvalue weighted by Gasteiger charge is -2.13. The maximum absolute atomic E-state index is 13.1. The molecule has 7 nitrogen and oxygen atoms in total. The molecule has 0 fully saturated rings. The zero-order chi connectivity index (χ0) is 21.2. The molecule has 154 valence electrons. The maximum Gasteiger partial charge on any atom is 0.265 e. The smallest absolute Gasteiger partial charge is 0.265 e. The summed E-state index contributed by atoms with van der Waals surface area (Å²) in [7, 11) is -1.03. The van der Waals surface area contributed by atoms with Crippen molar-refractivity contribution in [2.45, 2.75) is 25.3 Å². The van der Waals surface area contributed by atoms with E-state index in [1.165, 1.54) is 20.3 Å². The number of anilines is 1. The van der Waals surface area contributed by atoms with E-state index in [1.807, 2.05) is 19.1 Å². The molecule has 0 unspecified atom stereocenters. The van der Waals surface area contributed by atoms with Gasteiger partial charge in [-0.25, -0.2) is 8.42 Å². The quantitative estimate of drug-likeness (QED) is 0.606. The lowest BCUT2D eigenvalue weighted by Crippen LogP contribution is -2.15. The first kappa shape index (κ1) is 21.0. The molecular weight excluding hydrogens is 414 g/mol. The predicted octanol–water partition coefficient (Wildman–Crippen LogP) is 4.02. The molecule has 3 aromatic rings. The molecule has 1 N–H and O–H groups in total. The normalized spacial score (nSPS) is 11.3. The number of sulfonamides is 1. The zero-order valence-corrected chi connectivity index (χ0v) is 18.1. The number of rotatable bonds is 7. The van der Waals surface area contributed by atoms with Crippen LogP contribution in [0.1, 0.15) is 17.0 Å². The second-order valence-electron chi connectivity index (χ2n) is 6.45. The summed E-state index contributed by atoms with van der Waals surface area (Å²) in [5.41, 5.74) is 2.71. The van der Waals surface area contributed by atoms with E-state index in [0.717, 1.165) is 5.56 Å². The van der Waals surface area contributed by atoms with E-state index in [1.54, 1.807) is 35.9 Å². The molecule has 0 aliphatic heterocycles. The molecule has 0 saturated carbocycles. The fraction of sp³-hybridized carbons (Fsp3) is 0.250. The Morgan fingerprint density at radius 2 is 1.76 bits per heavy atom. The number of halogens is 1. The summed E-state index contributed by atoms with van der Waals surface area (Å²) in [6.07, 6.45) is 0. The van der Waals surface area contributed by atoms with Gasteiger partial charge in [-0.2, -0.15) is 5.10 Å². The molecule has 0 saturated heterocycles. The van der Waals surface area contributed by atoms with Gasteiger partial charge >= 0.3 is 0 Å². The number of ether oxygens (including phenoxy) is 2. The molecule has 29 heavy (non-hydrogen) atoms. The van der Waals surface area contributed by atoms with Crippen LogP contribution in [0.2, 0.25) is 5.02 Å². The molecule has 0 radical (unpaired) electrons.